The van der Waals surface area contributed by atoms with Crippen molar-refractivity contribution in [2.45, 2.75) is 51.4 Å². The molecule has 1 atom stereocenters. The molecule has 0 radical (unpaired) electrons. The number of hydrogen-bond donors (Lipinski definition) is 1. The summed E-state index contributed by atoms with van der Waals surface area (Å²) in [6, 6.07) is 5.93. The summed E-state index contributed by atoms with van der Waals surface area (Å²) in [6.45, 7) is 2.79. The maximum absolute atomic E-state index is 12.9. The maximum atomic E-state index is 12.9. The summed E-state index contributed by atoms with van der Waals surface area (Å²) in [7, 11) is 0. The van der Waals surface area contributed by atoms with Gasteiger partial charge in [-0.25, -0.2) is 0 Å². The number of likely N-dealkylation sites (tertiary alicyclic amines) is 1. The normalized spacial score (nSPS) is 19.0. The van der Waals surface area contributed by atoms with E-state index in [4.69, 9.17) is 0 Å². The van der Waals surface area contributed by atoms with Crippen LogP contribution in [0.4, 0.5) is 13.2 Å². The summed E-state index contributed by atoms with van der Waals surface area (Å²) < 4.78 is 41.0. The van der Waals surface area contributed by atoms with Crippen LogP contribution in [0.1, 0.15) is 49.5 Å². The van der Waals surface area contributed by atoms with E-state index in [1.807, 2.05) is 4.90 Å². The van der Waals surface area contributed by atoms with Gasteiger partial charge in [-0.2, -0.15) is 0 Å². The van der Waals surface area contributed by atoms with Gasteiger partial charge in [-0.3, -0.25) is 4.79 Å². The van der Waals surface area contributed by atoms with Gasteiger partial charge < -0.3 is 14.6 Å². The molecule has 1 N–H and O–H groups in total. The van der Waals surface area contributed by atoms with Gasteiger partial charge in [0.1, 0.15) is 11.4 Å². The Morgan fingerprint density at radius 2 is 2.08 bits per heavy atom. The minimum absolute atomic E-state index is 0.0942. The third-order valence-electron chi connectivity index (χ3n) is 4.67. The highest BCUT2D eigenvalue weighted by Gasteiger charge is 2.31. The van der Waals surface area contributed by atoms with Crippen LogP contribution >= 0.6 is 0 Å². The second-order valence-electron chi connectivity index (χ2n) is 6.39. The second-order valence-corrected chi connectivity index (χ2v) is 6.39. The molecule has 2 aromatic rings. The van der Waals surface area contributed by atoms with E-state index in [9.17, 15) is 18.0 Å². The number of fused-ring (bicyclic) bond motifs is 1. The molecule has 0 bridgehead atoms. The van der Waals surface area contributed by atoms with Gasteiger partial charge in [0.25, 0.3) is 5.91 Å². The summed E-state index contributed by atoms with van der Waals surface area (Å²) in [5.41, 5.74) is 0.854. The molecule has 0 spiro atoms. The van der Waals surface area contributed by atoms with Gasteiger partial charge in [0.2, 0.25) is 0 Å². The summed E-state index contributed by atoms with van der Waals surface area (Å²) in [5, 5.41) is 0.681. The first-order chi connectivity index (χ1) is 11.9. The number of nitrogens with one attached hydrogen (secondary N) is 1. The zero-order valence-corrected chi connectivity index (χ0v) is 14.0. The number of aromatic amines is 1. The molecule has 1 amide bonds. The zero-order chi connectivity index (χ0) is 18.0. The molecule has 1 aromatic carbocycles. The molecule has 1 fully saturated rings. The minimum Gasteiger partial charge on any atom is -0.406 e. The van der Waals surface area contributed by atoms with Crippen LogP contribution in [0.2, 0.25) is 0 Å². The van der Waals surface area contributed by atoms with Gasteiger partial charge in [-0.1, -0.05) is 19.8 Å². The van der Waals surface area contributed by atoms with Crippen LogP contribution in [0.15, 0.2) is 24.3 Å². The van der Waals surface area contributed by atoms with E-state index in [1.54, 1.807) is 6.07 Å². The first kappa shape index (κ1) is 17.6. The molecule has 0 aliphatic carbocycles. The number of alkyl halides is 3. The third-order valence-corrected chi connectivity index (χ3v) is 4.67. The molecule has 4 nitrogen and oxygen atoms in total. The molecule has 25 heavy (non-hydrogen) atoms. The molecule has 136 valence electrons. The van der Waals surface area contributed by atoms with Crippen LogP contribution in [0.5, 0.6) is 5.75 Å². The number of H-pyrrole nitrogens is 1. The minimum atomic E-state index is -4.74. The molecule has 1 aliphatic rings. The second kappa shape index (κ2) is 6.98. The van der Waals surface area contributed by atoms with Crippen molar-refractivity contribution in [3.05, 3.63) is 30.0 Å². The van der Waals surface area contributed by atoms with Crippen LogP contribution in [0.3, 0.4) is 0 Å². The Hall–Kier alpha value is -2.18. The molecule has 1 aromatic heterocycles. The summed E-state index contributed by atoms with van der Waals surface area (Å²) in [6.07, 6.45) is 0.366. The van der Waals surface area contributed by atoms with Crippen LogP contribution in [-0.4, -0.2) is 34.7 Å². The van der Waals surface area contributed by atoms with E-state index >= 15 is 0 Å². The Balaban J connectivity index is 1.86. The predicted molar refractivity (Wildman–Crippen MR) is 88.6 cm³/mol. The SMILES string of the molecule is CC[C@H]1CCCCCN1C(=O)c1cc2ccc(OC(F)(F)F)cc2[nH]1. The van der Waals surface area contributed by atoms with Crippen molar-refractivity contribution < 1.29 is 22.7 Å². The van der Waals surface area contributed by atoms with Gasteiger partial charge in [-0.15, -0.1) is 13.2 Å². The lowest BCUT2D eigenvalue weighted by atomic mass is 10.1. The van der Waals surface area contributed by atoms with Gasteiger partial charge in [0.15, 0.2) is 0 Å². The largest absolute Gasteiger partial charge is 0.573 e. The van der Waals surface area contributed by atoms with Crippen molar-refractivity contribution >= 4 is 16.8 Å². The number of rotatable bonds is 3. The summed E-state index contributed by atoms with van der Waals surface area (Å²) >= 11 is 0. The fourth-order valence-electron chi connectivity index (χ4n) is 3.44. The number of aromatic nitrogens is 1. The van der Waals surface area contributed by atoms with E-state index in [-0.39, 0.29) is 17.7 Å². The average molecular weight is 354 g/mol. The zero-order valence-electron chi connectivity index (χ0n) is 14.0. The topological polar surface area (TPSA) is 45.3 Å². The average Bonchev–Trinajstić information content (AvgIpc) is 2.81. The number of ether oxygens (including phenoxy) is 1. The number of nitrogens with zero attached hydrogens (tertiary/aromatic N) is 1. The molecule has 0 unspecified atom stereocenters. The van der Waals surface area contributed by atoms with Crippen molar-refractivity contribution in [3.8, 4) is 5.75 Å². The number of hydrogen-bond acceptors (Lipinski definition) is 2. The Kier molecular flexibility index (Phi) is 4.92. The van der Waals surface area contributed by atoms with E-state index < -0.39 is 6.36 Å². The molecule has 3 rings (SSSR count). The number of amides is 1. The van der Waals surface area contributed by atoms with Crippen LogP contribution in [-0.2, 0) is 0 Å². The fourth-order valence-corrected chi connectivity index (χ4v) is 3.44. The highest BCUT2D eigenvalue weighted by Crippen LogP contribution is 2.28. The van der Waals surface area contributed by atoms with Gasteiger partial charge >= 0.3 is 6.36 Å². The van der Waals surface area contributed by atoms with Crippen molar-refractivity contribution in [2.75, 3.05) is 6.54 Å². The molecular formula is C18H21F3N2O2. The molecule has 1 aliphatic heterocycles. The maximum Gasteiger partial charge on any atom is 0.573 e. The monoisotopic (exact) mass is 354 g/mol. The standard InChI is InChI=1S/C18H21F3N2O2/c1-2-13-6-4-3-5-9-23(13)17(24)16-10-12-7-8-14(11-15(12)22-16)25-18(19,20)21/h7-8,10-11,13,22H,2-6,9H2,1H3/t13-/m0/s1. The van der Waals surface area contributed by atoms with Crippen molar-refractivity contribution in [1.29, 1.82) is 0 Å². The quantitative estimate of drug-likeness (QED) is 0.855. The fraction of sp³-hybridized carbons (Fsp3) is 0.500. The molecule has 0 saturated carbocycles. The van der Waals surface area contributed by atoms with Crippen molar-refractivity contribution in [3.63, 3.8) is 0 Å². The Labute approximate surface area is 143 Å². The van der Waals surface area contributed by atoms with Crippen LogP contribution in [0, 0.1) is 0 Å². The number of carbonyl (C=O) groups excluding carboxylic acids is 1. The van der Waals surface area contributed by atoms with Crippen molar-refractivity contribution in [1.82, 2.24) is 9.88 Å². The first-order valence-corrected chi connectivity index (χ1v) is 8.57. The highest BCUT2D eigenvalue weighted by molar-refractivity contribution is 5.98. The molecule has 1 saturated heterocycles. The summed E-state index contributed by atoms with van der Waals surface area (Å²) in [5.74, 6) is -0.398. The van der Waals surface area contributed by atoms with Crippen LogP contribution in [0.25, 0.3) is 10.9 Å². The Morgan fingerprint density at radius 1 is 1.28 bits per heavy atom. The van der Waals surface area contributed by atoms with E-state index in [1.165, 1.54) is 18.2 Å². The van der Waals surface area contributed by atoms with Crippen LogP contribution < -0.4 is 4.74 Å². The van der Waals surface area contributed by atoms with Gasteiger partial charge in [-0.05, 0) is 37.5 Å². The van der Waals surface area contributed by atoms with Crippen molar-refractivity contribution in [2.24, 2.45) is 0 Å². The lowest BCUT2D eigenvalue weighted by Gasteiger charge is -2.28. The van der Waals surface area contributed by atoms with Gasteiger partial charge in [0.05, 0.1) is 0 Å². The third kappa shape index (κ3) is 4.08. The lowest BCUT2D eigenvalue weighted by Crippen LogP contribution is -2.39. The number of halogens is 3. The van der Waals surface area contributed by atoms with E-state index in [2.05, 4.69) is 16.6 Å². The van der Waals surface area contributed by atoms with E-state index in [0.717, 1.165) is 38.6 Å². The number of benzene rings is 1. The van der Waals surface area contributed by atoms with E-state index in [0.29, 0.717) is 16.6 Å². The Morgan fingerprint density at radius 3 is 2.80 bits per heavy atom. The predicted octanol–water partition coefficient (Wildman–Crippen LogP) is 4.86. The Bertz CT molecular complexity index is 754. The molecule has 2 heterocycles. The van der Waals surface area contributed by atoms with Gasteiger partial charge in [0, 0.05) is 29.6 Å². The molecule has 7 heteroatoms. The number of carbonyl (C=O) groups is 1. The first-order valence-electron chi connectivity index (χ1n) is 8.57. The smallest absolute Gasteiger partial charge is 0.406 e. The lowest BCUT2D eigenvalue weighted by molar-refractivity contribution is -0.274. The highest BCUT2D eigenvalue weighted by atomic mass is 19.4. The summed E-state index contributed by atoms with van der Waals surface area (Å²) in [4.78, 5) is 17.7. The molecular weight excluding hydrogens is 333 g/mol.